The topological polar surface area (TPSA) is 84.9 Å². The molecule has 0 saturated carbocycles. The van der Waals surface area contributed by atoms with E-state index in [2.05, 4.69) is 5.32 Å². The van der Waals surface area contributed by atoms with Gasteiger partial charge in [-0.2, -0.15) is 0 Å². The summed E-state index contributed by atoms with van der Waals surface area (Å²) in [5.41, 5.74) is 0.641. The third-order valence-corrected chi connectivity index (χ3v) is 4.36. The summed E-state index contributed by atoms with van der Waals surface area (Å²) in [5, 5.41) is 2.59. The maximum Gasteiger partial charge on any atom is 0.340 e. The zero-order valence-electron chi connectivity index (χ0n) is 15.2. The van der Waals surface area contributed by atoms with Gasteiger partial charge in [0.1, 0.15) is 16.5 Å². The first-order chi connectivity index (χ1) is 13.5. The lowest BCUT2D eigenvalue weighted by Crippen LogP contribution is -2.33. The standard InChI is InChI=1S/C20H17ClN2O5/c1-3-28-20(26)14-9-4-5-10-15(14)23-18(24)16(21)17(19(23)25)22-12-7-6-8-13(11-12)27-2/h4-11,22H,3H2,1-2H3. The number of benzene rings is 2. The maximum absolute atomic E-state index is 12.9. The first kappa shape index (κ1) is 19.4. The molecule has 144 valence electrons. The molecule has 1 N–H and O–H groups in total. The number of imide groups is 1. The van der Waals surface area contributed by atoms with Crippen molar-refractivity contribution in [2.24, 2.45) is 0 Å². The Morgan fingerprint density at radius 3 is 2.57 bits per heavy atom. The van der Waals surface area contributed by atoms with Gasteiger partial charge in [-0.1, -0.05) is 29.8 Å². The second kappa shape index (κ2) is 8.14. The van der Waals surface area contributed by atoms with Crippen LogP contribution < -0.4 is 15.0 Å². The number of carbonyl (C=O) groups is 3. The molecule has 0 bridgehead atoms. The van der Waals surface area contributed by atoms with Gasteiger partial charge in [-0.25, -0.2) is 9.69 Å². The van der Waals surface area contributed by atoms with E-state index >= 15 is 0 Å². The van der Waals surface area contributed by atoms with Gasteiger partial charge in [0.05, 0.1) is 25.0 Å². The average Bonchev–Trinajstić information content (AvgIpc) is 2.91. The van der Waals surface area contributed by atoms with Crippen LogP contribution in [0.5, 0.6) is 5.75 Å². The predicted molar refractivity (Wildman–Crippen MR) is 104 cm³/mol. The van der Waals surface area contributed by atoms with Crippen LogP contribution in [-0.2, 0) is 14.3 Å². The van der Waals surface area contributed by atoms with Crippen molar-refractivity contribution in [2.45, 2.75) is 6.92 Å². The van der Waals surface area contributed by atoms with Crippen LogP contribution in [0.1, 0.15) is 17.3 Å². The molecule has 1 aliphatic heterocycles. The third kappa shape index (κ3) is 3.57. The van der Waals surface area contributed by atoms with E-state index < -0.39 is 17.8 Å². The minimum Gasteiger partial charge on any atom is -0.497 e. The highest BCUT2D eigenvalue weighted by molar-refractivity contribution is 6.53. The van der Waals surface area contributed by atoms with Gasteiger partial charge in [0.2, 0.25) is 0 Å². The van der Waals surface area contributed by atoms with E-state index in [4.69, 9.17) is 21.1 Å². The monoisotopic (exact) mass is 400 g/mol. The lowest BCUT2D eigenvalue weighted by atomic mass is 10.1. The van der Waals surface area contributed by atoms with Crippen molar-refractivity contribution < 1.29 is 23.9 Å². The van der Waals surface area contributed by atoms with Crippen LogP contribution in [0.3, 0.4) is 0 Å². The molecule has 0 radical (unpaired) electrons. The Balaban J connectivity index is 1.94. The summed E-state index contributed by atoms with van der Waals surface area (Å²) in [6, 6.07) is 13.0. The number of hydrogen-bond donors (Lipinski definition) is 1. The number of rotatable bonds is 6. The van der Waals surface area contributed by atoms with E-state index in [0.29, 0.717) is 11.4 Å². The molecule has 0 saturated heterocycles. The lowest BCUT2D eigenvalue weighted by molar-refractivity contribution is -0.120. The normalized spacial score (nSPS) is 13.8. The number of esters is 1. The molecular weight excluding hydrogens is 384 g/mol. The Morgan fingerprint density at radius 1 is 1.11 bits per heavy atom. The quantitative estimate of drug-likeness (QED) is 0.591. The van der Waals surface area contributed by atoms with Gasteiger partial charge in [-0.05, 0) is 31.2 Å². The van der Waals surface area contributed by atoms with E-state index in [1.54, 1.807) is 43.3 Å². The minimum atomic E-state index is -0.728. The highest BCUT2D eigenvalue weighted by Crippen LogP contribution is 2.32. The average molecular weight is 401 g/mol. The molecule has 2 aromatic carbocycles. The molecule has 1 heterocycles. The van der Waals surface area contributed by atoms with Gasteiger partial charge in [-0.15, -0.1) is 0 Å². The van der Waals surface area contributed by atoms with Gasteiger partial charge in [0, 0.05) is 11.8 Å². The van der Waals surface area contributed by atoms with E-state index in [1.807, 2.05) is 0 Å². The van der Waals surface area contributed by atoms with Crippen LogP contribution in [0.25, 0.3) is 0 Å². The van der Waals surface area contributed by atoms with Crippen molar-refractivity contribution in [1.29, 1.82) is 0 Å². The van der Waals surface area contributed by atoms with Crippen LogP contribution in [0, 0.1) is 0 Å². The van der Waals surface area contributed by atoms with Crippen LogP contribution in [0.4, 0.5) is 11.4 Å². The Bertz CT molecular complexity index is 986. The SMILES string of the molecule is CCOC(=O)c1ccccc1N1C(=O)C(Cl)=C(Nc2cccc(OC)c2)C1=O. The minimum absolute atomic E-state index is 0.0846. The van der Waals surface area contributed by atoms with E-state index in [-0.39, 0.29) is 28.6 Å². The molecule has 0 atom stereocenters. The maximum atomic E-state index is 12.9. The first-order valence-electron chi connectivity index (χ1n) is 8.43. The number of ether oxygens (including phenoxy) is 2. The summed E-state index contributed by atoms with van der Waals surface area (Å²) in [7, 11) is 1.52. The van der Waals surface area contributed by atoms with E-state index in [0.717, 1.165) is 4.90 Å². The number of para-hydroxylation sites is 1. The number of nitrogens with zero attached hydrogens (tertiary/aromatic N) is 1. The number of hydrogen-bond acceptors (Lipinski definition) is 6. The van der Waals surface area contributed by atoms with Crippen LogP contribution >= 0.6 is 11.6 Å². The van der Waals surface area contributed by atoms with Crippen molar-refractivity contribution in [3.05, 3.63) is 64.8 Å². The highest BCUT2D eigenvalue weighted by atomic mass is 35.5. The second-order valence-electron chi connectivity index (χ2n) is 5.73. The van der Waals surface area contributed by atoms with Crippen molar-refractivity contribution in [3.63, 3.8) is 0 Å². The van der Waals surface area contributed by atoms with Gasteiger partial charge >= 0.3 is 5.97 Å². The molecule has 2 aromatic rings. The molecule has 0 aromatic heterocycles. The second-order valence-corrected chi connectivity index (χ2v) is 6.11. The number of carbonyl (C=O) groups excluding carboxylic acids is 3. The summed E-state index contributed by atoms with van der Waals surface area (Å²) in [5.74, 6) is -1.46. The summed E-state index contributed by atoms with van der Waals surface area (Å²) in [4.78, 5) is 38.7. The van der Waals surface area contributed by atoms with Gasteiger partial charge in [0.15, 0.2) is 0 Å². The van der Waals surface area contributed by atoms with Crippen LogP contribution in [-0.4, -0.2) is 31.5 Å². The fourth-order valence-corrected chi connectivity index (χ4v) is 2.94. The zero-order valence-corrected chi connectivity index (χ0v) is 15.9. The van der Waals surface area contributed by atoms with E-state index in [9.17, 15) is 14.4 Å². The summed E-state index contributed by atoms with van der Waals surface area (Å²) < 4.78 is 10.2. The summed E-state index contributed by atoms with van der Waals surface area (Å²) in [6.45, 7) is 1.83. The number of halogens is 1. The molecule has 0 unspecified atom stereocenters. The molecule has 0 aliphatic carbocycles. The molecule has 7 nitrogen and oxygen atoms in total. The van der Waals surface area contributed by atoms with E-state index in [1.165, 1.54) is 19.2 Å². The van der Waals surface area contributed by atoms with Crippen LogP contribution in [0.2, 0.25) is 0 Å². The zero-order chi connectivity index (χ0) is 20.3. The van der Waals surface area contributed by atoms with Crippen molar-refractivity contribution in [1.82, 2.24) is 0 Å². The molecule has 1 aliphatic rings. The van der Waals surface area contributed by atoms with Gasteiger partial charge in [0.25, 0.3) is 11.8 Å². The molecule has 2 amide bonds. The highest BCUT2D eigenvalue weighted by Gasteiger charge is 2.40. The van der Waals surface area contributed by atoms with Crippen LogP contribution in [0.15, 0.2) is 59.3 Å². The van der Waals surface area contributed by atoms with Gasteiger partial charge < -0.3 is 14.8 Å². The molecule has 3 rings (SSSR count). The Hall–Kier alpha value is -3.32. The van der Waals surface area contributed by atoms with Crippen molar-refractivity contribution in [2.75, 3.05) is 23.9 Å². The Morgan fingerprint density at radius 2 is 1.86 bits per heavy atom. The number of anilines is 2. The van der Waals surface area contributed by atoms with Gasteiger partial charge in [-0.3, -0.25) is 9.59 Å². The van der Waals surface area contributed by atoms with Crippen molar-refractivity contribution in [3.8, 4) is 5.75 Å². The largest absolute Gasteiger partial charge is 0.497 e. The first-order valence-corrected chi connectivity index (χ1v) is 8.81. The Labute approximate surface area is 166 Å². The third-order valence-electron chi connectivity index (χ3n) is 4.01. The number of methoxy groups -OCH3 is 1. The molecule has 0 spiro atoms. The predicted octanol–water partition coefficient (Wildman–Crippen LogP) is 3.31. The fraction of sp³-hybridized carbons (Fsp3) is 0.150. The molecule has 8 heteroatoms. The molecular formula is C20H17ClN2O5. The van der Waals surface area contributed by atoms with Crippen molar-refractivity contribution >= 4 is 40.8 Å². The molecule has 0 fully saturated rings. The summed E-state index contributed by atoms with van der Waals surface area (Å²) in [6.07, 6.45) is 0. The smallest absolute Gasteiger partial charge is 0.340 e. The fourth-order valence-electron chi connectivity index (χ4n) is 2.73. The Kier molecular flexibility index (Phi) is 5.65. The lowest BCUT2D eigenvalue weighted by Gasteiger charge is -2.18. The number of nitrogens with one attached hydrogen (secondary N) is 1. The number of amides is 2. The summed E-state index contributed by atoms with van der Waals surface area (Å²) >= 11 is 6.14. The molecule has 28 heavy (non-hydrogen) atoms.